The van der Waals surface area contributed by atoms with E-state index in [4.69, 9.17) is 11.5 Å². The number of hydrogen-bond acceptors (Lipinski definition) is 4. The maximum atomic E-state index is 11.2. The molecule has 0 saturated heterocycles. The van der Waals surface area contributed by atoms with Crippen molar-refractivity contribution in [2.75, 3.05) is 27.2 Å². The minimum absolute atomic E-state index is 0.117. The molecule has 0 aliphatic heterocycles. The molecule has 0 aromatic carbocycles. The lowest BCUT2D eigenvalue weighted by atomic mass is 10.2. The molecule has 0 bridgehead atoms. The zero-order valence-electron chi connectivity index (χ0n) is 8.62. The highest BCUT2D eigenvalue weighted by Crippen LogP contribution is 1.86. The smallest absolute Gasteiger partial charge is 0.237 e. The van der Waals surface area contributed by atoms with Crippen LogP contribution in [0.3, 0.4) is 0 Å². The SMILES string of the molecule is CN(C)CCNC(=O)[C@@H](N)CC(N)=O. The summed E-state index contributed by atoms with van der Waals surface area (Å²) < 4.78 is 0. The highest BCUT2D eigenvalue weighted by Gasteiger charge is 2.14. The molecule has 2 amide bonds. The molecule has 5 N–H and O–H groups in total. The van der Waals surface area contributed by atoms with E-state index in [0.29, 0.717) is 6.54 Å². The Hall–Kier alpha value is -1.14. The molecular weight excluding hydrogens is 184 g/mol. The van der Waals surface area contributed by atoms with Gasteiger partial charge in [-0.1, -0.05) is 0 Å². The van der Waals surface area contributed by atoms with Gasteiger partial charge in [-0.15, -0.1) is 0 Å². The fourth-order valence-electron chi connectivity index (χ4n) is 0.843. The first-order valence-corrected chi connectivity index (χ1v) is 4.39. The summed E-state index contributed by atoms with van der Waals surface area (Å²) in [4.78, 5) is 23.6. The number of carbonyl (C=O) groups excluding carboxylic acids is 2. The zero-order valence-corrected chi connectivity index (χ0v) is 8.62. The van der Waals surface area contributed by atoms with Gasteiger partial charge in [0.2, 0.25) is 11.8 Å². The maximum Gasteiger partial charge on any atom is 0.237 e. The summed E-state index contributed by atoms with van der Waals surface area (Å²) in [6.45, 7) is 1.24. The van der Waals surface area contributed by atoms with Crippen molar-refractivity contribution in [3.8, 4) is 0 Å². The third-order valence-corrected chi connectivity index (χ3v) is 1.62. The summed E-state index contributed by atoms with van der Waals surface area (Å²) in [5.41, 5.74) is 10.3. The van der Waals surface area contributed by atoms with Gasteiger partial charge in [0.05, 0.1) is 12.5 Å². The number of hydrogen-bond donors (Lipinski definition) is 3. The molecule has 0 unspecified atom stereocenters. The van der Waals surface area contributed by atoms with E-state index in [1.807, 2.05) is 19.0 Å². The number of rotatable bonds is 6. The van der Waals surface area contributed by atoms with Gasteiger partial charge in [0.15, 0.2) is 0 Å². The Morgan fingerprint density at radius 1 is 1.43 bits per heavy atom. The van der Waals surface area contributed by atoms with Crippen LogP contribution in [0.1, 0.15) is 6.42 Å². The summed E-state index contributed by atoms with van der Waals surface area (Å²) >= 11 is 0. The average Bonchev–Trinajstić information content (AvgIpc) is 2.01. The van der Waals surface area contributed by atoms with Gasteiger partial charge in [0.1, 0.15) is 0 Å². The van der Waals surface area contributed by atoms with Crippen LogP contribution in [-0.4, -0.2) is 49.9 Å². The molecule has 0 aromatic heterocycles. The van der Waals surface area contributed by atoms with E-state index < -0.39 is 11.9 Å². The number of nitrogens with one attached hydrogen (secondary N) is 1. The molecule has 0 heterocycles. The number of likely N-dealkylation sites (N-methyl/N-ethyl adjacent to an activating group) is 1. The van der Waals surface area contributed by atoms with Crippen LogP contribution in [0.15, 0.2) is 0 Å². The van der Waals surface area contributed by atoms with Crippen molar-refractivity contribution < 1.29 is 9.59 Å². The van der Waals surface area contributed by atoms with Crippen LogP contribution in [0.5, 0.6) is 0 Å². The Morgan fingerprint density at radius 2 is 2.00 bits per heavy atom. The predicted molar refractivity (Wildman–Crippen MR) is 53.4 cm³/mol. The Bertz CT molecular complexity index is 206. The van der Waals surface area contributed by atoms with Crippen LogP contribution < -0.4 is 16.8 Å². The van der Waals surface area contributed by atoms with E-state index in [1.54, 1.807) is 0 Å². The van der Waals surface area contributed by atoms with Crippen molar-refractivity contribution in [2.24, 2.45) is 11.5 Å². The zero-order chi connectivity index (χ0) is 11.1. The number of amides is 2. The Kier molecular flexibility index (Phi) is 5.82. The number of nitrogens with two attached hydrogens (primary N) is 2. The molecule has 0 saturated carbocycles. The standard InChI is InChI=1S/C8H18N4O2/c1-12(2)4-3-11-8(14)6(9)5-7(10)13/h6H,3-5,9H2,1-2H3,(H2,10,13)(H,11,14)/t6-/m0/s1. The van der Waals surface area contributed by atoms with Gasteiger partial charge >= 0.3 is 0 Å². The lowest BCUT2D eigenvalue weighted by Gasteiger charge is -2.13. The van der Waals surface area contributed by atoms with E-state index in [2.05, 4.69) is 5.32 Å². The topological polar surface area (TPSA) is 101 Å². The molecule has 0 aliphatic rings. The molecule has 1 atom stereocenters. The minimum atomic E-state index is -0.838. The summed E-state index contributed by atoms with van der Waals surface area (Å²) in [6.07, 6.45) is -0.117. The quantitative estimate of drug-likeness (QED) is 0.458. The molecule has 0 spiro atoms. The van der Waals surface area contributed by atoms with Crippen molar-refractivity contribution in [2.45, 2.75) is 12.5 Å². The van der Waals surface area contributed by atoms with Crippen molar-refractivity contribution >= 4 is 11.8 Å². The largest absolute Gasteiger partial charge is 0.370 e. The van der Waals surface area contributed by atoms with Crippen LogP contribution in [0.2, 0.25) is 0 Å². The van der Waals surface area contributed by atoms with E-state index in [1.165, 1.54) is 0 Å². The van der Waals surface area contributed by atoms with Gasteiger partial charge < -0.3 is 21.7 Å². The predicted octanol–water partition coefficient (Wildman–Crippen LogP) is -2.13. The van der Waals surface area contributed by atoms with E-state index in [-0.39, 0.29) is 12.3 Å². The molecule has 6 heteroatoms. The summed E-state index contributed by atoms with van der Waals surface area (Å²) in [5, 5.41) is 2.61. The molecule has 14 heavy (non-hydrogen) atoms. The van der Waals surface area contributed by atoms with E-state index in [9.17, 15) is 9.59 Å². The second-order valence-electron chi connectivity index (χ2n) is 3.37. The van der Waals surface area contributed by atoms with Gasteiger partial charge in [-0.25, -0.2) is 0 Å². The van der Waals surface area contributed by atoms with Crippen molar-refractivity contribution in [1.29, 1.82) is 0 Å². The second-order valence-corrected chi connectivity index (χ2v) is 3.37. The van der Waals surface area contributed by atoms with Crippen molar-refractivity contribution in [3.63, 3.8) is 0 Å². The van der Waals surface area contributed by atoms with Crippen LogP contribution in [0.4, 0.5) is 0 Å². The number of carbonyl (C=O) groups is 2. The third-order valence-electron chi connectivity index (χ3n) is 1.62. The first-order valence-electron chi connectivity index (χ1n) is 4.39. The molecule has 0 aromatic rings. The molecular formula is C8H18N4O2. The summed E-state index contributed by atoms with van der Waals surface area (Å²) in [5.74, 6) is -0.911. The monoisotopic (exact) mass is 202 g/mol. The molecule has 0 fully saturated rings. The minimum Gasteiger partial charge on any atom is -0.370 e. The van der Waals surface area contributed by atoms with Crippen LogP contribution >= 0.6 is 0 Å². The maximum absolute atomic E-state index is 11.2. The fourth-order valence-corrected chi connectivity index (χ4v) is 0.843. The average molecular weight is 202 g/mol. The van der Waals surface area contributed by atoms with Crippen LogP contribution in [-0.2, 0) is 9.59 Å². The first-order chi connectivity index (χ1) is 6.43. The Labute approximate surface area is 83.6 Å². The lowest BCUT2D eigenvalue weighted by molar-refractivity contribution is -0.126. The van der Waals surface area contributed by atoms with Gasteiger partial charge in [0, 0.05) is 13.1 Å². The van der Waals surface area contributed by atoms with Gasteiger partial charge in [-0.3, -0.25) is 9.59 Å². The van der Waals surface area contributed by atoms with Gasteiger partial charge in [0.25, 0.3) is 0 Å². The molecule has 0 rings (SSSR count). The second kappa shape index (κ2) is 6.33. The lowest BCUT2D eigenvalue weighted by Crippen LogP contribution is -2.44. The highest BCUT2D eigenvalue weighted by atomic mass is 16.2. The normalized spacial score (nSPS) is 12.6. The highest BCUT2D eigenvalue weighted by molar-refractivity contribution is 5.87. The van der Waals surface area contributed by atoms with E-state index >= 15 is 0 Å². The number of primary amides is 1. The van der Waals surface area contributed by atoms with Crippen molar-refractivity contribution in [3.05, 3.63) is 0 Å². The first kappa shape index (κ1) is 12.9. The molecule has 82 valence electrons. The van der Waals surface area contributed by atoms with Crippen LogP contribution in [0, 0.1) is 0 Å². The van der Waals surface area contributed by atoms with Crippen molar-refractivity contribution in [1.82, 2.24) is 10.2 Å². The number of nitrogens with zero attached hydrogens (tertiary/aromatic N) is 1. The summed E-state index contributed by atoms with van der Waals surface area (Å²) in [7, 11) is 3.80. The molecule has 0 radical (unpaired) electrons. The van der Waals surface area contributed by atoms with E-state index in [0.717, 1.165) is 6.54 Å². The Morgan fingerprint density at radius 3 is 2.43 bits per heavy atom. The van der Waals surface area contributed by atoms with Crippen LogP contribution in [0.25, 0.3) is 0 Å². The van der Waals surface area contributed by atoms with Gasteiger partial charge in [-0.05, 0) is 14.1 Å². The molecule has 0 aliphatic carbocycles. The van der Waals surface area contributed by atoms with Gasteiger partial charge in [-0.2, -0.15) is 0 Å². The third kappa shape index (κ3) is 6.38. The fraction of sp³-hybridized carbons (Fsp3) is 0.750. The molecule has 6 nitrogen and oxygen atoms in total. The summed E-state index contributed by atoms with van der Waals surface area (Å²) in [6, 6.07) is -0.838. The Balaban J connectivity index is 3.67.